The van der Waals surface area contributed by atoms with Crippen molar-refractivity contribution in [3.05, 3.63) is 41.8 Å². The molecule has 25 heavy (non-hydrogen) atoms. The lowest BCUT2D eigenvalue weighted by atomic mass is 9.87. The zero-order valence-electron chi connectivity index (χ0n) is 15.1. The van der Waals surface area contributed by atoms with E-state index in [0.717, 1.165) is 55.7 Å². The molecule has 1 aromatic carbocycles. The number of hydrogen-bond acceptors (Lipinski definition) is 3. The number of aromatic amines is 1. The second-order valence-electron chi connectivity index (χ2n) is 7.59. The number of piperidine rings is 1. The SMILES string of the molecule is CC(C)C[C@H](O)C1CCN(Cc2cn[nH]c2-c2ccc(F)cc2)CC1. The van der Waals surface area contributed by atoms with Crippen LogP contribution in [0.4, 0.5) is 4.39 Å². The van der Waals surface area contributed by atoms with E-state index >= 15 is 0 Å². The number of H-pyrrole nitrogens is 1. The first-order valence-electron chi connectivity index (χ1n) is 9.21. The van der Waals surface area contributed by atoms with Crippen LogP contribution in [0.1, 0.15) is 38.7 Å². The van der Waals surface area contributed by atoms with E-state index in [0.29, 0.717) is 11.8 Å². The van der Waals surface area contributed by atoms with Gasteiger partial charge in [-0.25, -0.2) is 4.39 Å². The van der Waals surface area contributed by atoms with Crippen LogP contribution in [-0.4, -0.2) is 39.4 Å². The summed E-state index contributed by atoms with van der Waals surface area (Å²) < 4.78 is 13.1. The van der Waals surface area contributed by atoms with Crippen molar-refractivity contribution in [1.29, 1.82) is 0 Å². The van der Waals surface area contributed by atoms with Gasteiger partial charge in [0.1, 0.15) is 5.82 Å². The Morgan fingerprint density at radius 3 is 2.56 bits per heavy atom. The van der Waals surface area contributed by atoms with Crippen molar-refractivity contribution in [3.8, 4) is 11.3 Å². The van der Waals surface area contributed by atoms with Crippen molar-refractivity contribution in [1.82, 2.24) is 15.1 Å². The predicted molar refractivity (Wildman–Crippen MR) is 97.4 cm³/mol. The summed E-state index contributed by atoms with van der Waals surface area (Å²) in [5, 5.41) is 17.6. The fourth-order valence-corrected chi connectivity index (χ4v) is 3.71. The summed E-state index contributed by atoms with van der Waals surface area (Å²) in [4.78, 5) is 2.41. The highest BCUT2D eigenvalue weighted by molar-refractivity contribution is 5.62. The number of benzene rings is 1. The van der Waals surface area contributed by atoms with Crippen LogP contribution in [0, 0.1) is 17.7 Å². The van der Waals surface area contributed by atoms with Gasteiger partial charge in [0, 0.05) is 17.7 Å². The van der Waals surface area contributed by atoms with Gasteiger partial charge in [-0.15, -0.1) is 0 Å². The first-order valence-corrected chi connectivity index (χ1v) is 9.21. The summed E-state index contributed by atoms with van der Waals surface area (Å²) in [7, 11) is 0. The number of aliphatic hydroxyl groups is 1. The molecule has 1 aliphatic heterocycles. The van der Waals surface area contributed by atoms with Gasteiger partial charge < -0.3 is 5.11 Å². The number of nitrogens with zero attached hydrogens (tertiary/aromatic N) is 2. The average molecular weight is 345 g/mol. The lowest BCUT2D eigenvalue weighted by Gasteiger charge is -2.34. The normalized spacial score (nSPS) is 18.0. The molecule has 0 aliphatic carbocycles. The third-order valence-corrected chi connectivity index (χ3v) is 5.13. The van der Waals surface area contributed by atoms with Crippen LogP contribution in [0.5, 0.6) is 0 Å². The molecule has 1 aliphatic rings. The highest BCUT2D eigenvalue weighted by atomic mass is 19.1. The van der Waals surface area contributed by atoms with Crippen molar-refractivity contribution >= 4 is 0 Å². The summed E-state index contributed by atoms with van der Waals surface area (Å²) in [6, 6.07) is 6.50. The molecule has 0 unspecified atom stereocenters. The Morgan fingerprint density at radius 2 is 1.92 bits per heavy atom. The van der Waals surface area contributed by atoms with E-state index in [1.165, 1.54) is 12.1 Å². The van der Waals surface area contributed by atoms with E-state index < -0.39 is 0 Å². The minimum absolute atomic E-state index is 0.175. The number of halogens is 1. The Labute approximate surface area is 149 Å². The molecule has 2 N–H and O–H groups in total. The van der Waals surface area contributed by atoms with Gasteiger partial charge in [-0.05, 0) is 68.5 Å². The molecule has 0 radical (unpaired) electrons. The van der Waals surface area contributed by atoms with Crippen LogP contribution in [0.25, 0.3) is 11.3 Å². The number of rotatable bonds is 6. The van der Waals surface area contributed by atoms with Crippen molar-refractivity contribution in [2.75, 3.05) is 13.1 Å². The lowest BCUT2D eigenvalue weighted by Crippen LogP contribution is -2.37. The van der Waals surface area contributed by atoms with E-state index in [9.17, 15) is 9.50 Å². The minimum Gasteiger partial charge on any atom is -0.393 e. The maximum Gasteiger partial charge on any atom is 0.123 e. The second-order valence-corrected chi connectivity index (χ2v) is 7.59. The van der Waals surface area contributed by atoms with Crippen LogP contribution in [0.15, 0.2) is 30.5 Å². The zero-order valence-corrected chi connectivity index (χ0v) is 15.1. The maximum absolute atomic E-state index is 13.1. The standard InChI is InChI=1S/C20H28FN3O/c1-14(2)11-19(25)15-7-9-24(10-8-15)13-17-12-22-23-20(17)16-3-5-18(21)6-4-16/h3-6,12,14-15,19,25H,7-11,13H2,1-2H3,(H,22,23)/t19-/m0/s1. The van der Waals surface area contributed by atoms with Crippen molar-refractivity contribution in [2.24, 2.45) is 11.8 Å². The van der Waals surface area contributed by atoms with Crippen LogP contribution in [0.3, 0.4) is 0 Å². The average Bonchev–Trinajstić information content (AvgIpc) is 3.03. The molecule has 0 saturated carbocycles. The fraction of sp³-hybridized carbons (Fsp3) is 0.550. The molecule has 1 aromatic heterocycles. The fourth-order valence-electron chi connectivity index (χ4n) is 3.71. The quantitative estimate of drug-likeness (QED) is 0.836. The van der Waals surface area contributed by atoms with Gasteiger partial charge in [-0.3, -0.25) is 10.00 Å². The number of hydrogen-bond donors (Lipinski definition) is 2. The number of aromatic nitrogens is 2. The Balaban J connectivity index is 1.58. The molecule has 0 spiro atoms. The van der Waals surface area contributed by atoms with Gasteiger partial charge >= 0.3 is 0 Å². The molecule has 5 heteroatoms. The molecular weight excluding hydrogens is 317 g/mol. The third kappa shape index (κ3) is 4.67. The third-order valence-electron chi connectivity index (χ3n) is 5.13. The Morgan fingerprint density at radius 1 is 1.24 bits per heavy atom. The van der Waals surface area contributed by atoms with E-state index in [1.54, 1.807) is 12.1 Å². The Kier molecular flexibility index (Phi) is 5.86. The summed E-state index contributed by atoms with van der Waals surface area (Å²) in [6.45, 7) is 7.14. The molecule has 1 atom stereocenters. The van der Waals surface area contributed by atoms with Crippen LogP contribution in [-0.2, 0) is 6.54 Å². The van der Waals surface area contributed by atoms with Gasteiger partial charge in [0.25, 0.3) is 0 Å². The lowest BCUT2D eigenvalue weighted by molar-refractivity contribution is 0.0437. The maximum atomic E-state index is 13.1. The van der Waals surface area contributed by atoms with Crippen molar-refractivity contribution in [3.63, 3.8) is 0 Å². The van der Waals surface area contributed by atoms with E-state index in [-0.39, 0.29) is 11.9 Å². The summed E-state index contributed by atoms with van der Waals surface area (Å²) in [5.74, 6) is 0.726. The predicted octanol–water partition coefficient (Wildman–Crippen LogP) is 3.83. The van der Waals surface area contributed by atoms with E-state index in [1.807, 2.05) is 6.20 Å². The van der Waals surface area contributed by atoms with Gasteiger partial charge in [0.15, 0.2) is 0 Å². The van der Waals surface area contributed by atoms with Gasteiger partial charge in [0.05, 0.1) is 18.0 Å². The highest BCUT2D eigenvalue weighted by Crippen LogP contribution is 2.27. The molecule has 4 nitrogen and oxygen atoms in total. The van der Waals surface area contributed by atoms with Gasteiger partial charge in [-0.1, -0.05) is 13.8 Å². The smallest absolute Gasteiger partial charge is 0.123 e. The van der Waals surface area contributed by atoms with Crippen LogP contribution in [0.2, 0.25) is 0 Å². The number of aliphatic hydroxyl groups excluding tert-OH is 1. The van der Waals surface area contributed by atoms with Gasteiger partial charge in [0.2, 0.25) is 0 Å². The largest absolute Gasteiger partial charge is 0.393 e. The second kappa shape index (κ2) is 8.11. The first kappa shape index (κ1) is 18.1. The highest BCUT2D eigenvalue weighted by Gasteiger charge is 2.26. The molecular formula is C20H28FN3O. The number of likely N-dealkylation sites (tertiary alicyclic amines) is 1. The Bertz CT molecular complexity index is 660. The summed E-state index contributed by atoms with van der Waals surface area (Å²) >= 11 is 0. The van der Waals surface area contributed by atoms with Crippen molar-refractivity contribution in [2.45, 2.75) is 45.8 Å². The summed E-state index contributed by atoms with van der Waals surface area (Å²) in [6.07, 6.45) is 4.65. The van der Waals surface area contributed by atoms with Crippen LogP contribution < -0.4 is 0 Å². The minimum atomic E-state index is -0.230. The molecule has 0 amide bonds. The first-order chi connectivity index (χ1) is 12.0. The molecule has 0 bridgehead atoms. The molecule has 136 valence electrons. The van der Waals surface area contributed by atoms with E-state index in [2.05, 4.69) is 28.9 Å². The molecule has 1 saturated heterocycles. The zero-order chi connectivity index (χ0) is 17.8. The molecule has 3 rings (SSSR count). The van der Waals surface area contributed by atoms with Gasteiger partial charge in [-0.2, -0.15) is 5.10 Å². The van der Waals surface area contributed by atoms with E-state index in [4.69, 9.17) is 0 Å². The summed E-state index contributed by atoms with van der Waals surface area (Å²) in [5.41, 5.74) is 3.05. The molecule has 2 aromatic rings. The topological polar surface area (TPSA) is 52.1 Å². The number of nitrogens with one attached hydrogen (secondary N) is 1. The molecule has 1 fully saturated rings. The monoisotopic (exact) mass is 345 g/mol. The molecule has 2 heterocycles. The van der Waals surface area contributed by atoms with Crippen molar-refractivity contribution < 1.29 is 9.50 Å². The Hall–Kier alpha value is -1.72. The van der Waals surface area contributed by atoms with Crippen LogP contribution >= 0.6 is 0 Å².